The molecule has 0 saturated heterocycles. The monoisotopic (exact) mass is 446 g/mol. The number of unbranched alkanes of at least 4 members (excludes halogenated alkanes) is 10. The molecule has 0 aliphatic carbocycles. The van der Waals surface area contributed by atoms with Gasteiger partial charge in [-0.3, -0.25) is 0 Å². The quantitative estimate of drug-likeness (QED) is 0.127. The van der Waals surface area contributed by atoms with Crippen LogP contribution in [0.3, 0.4) is 0 Å². The summed E-state index contributed by atoms with van der Waals surface area (Å²) in [5.41, 5.74) is 0. The molecule has 0 aromatic carbocycles. The largest absolute Gasteiger partial charge is 1.00 e. The van der Waals surface area contributed by atoms with Gasteiger partial charge in [0.2, 0.25) is 0 Å². The summed E-state index contributed by atoms with van der Waals surface area (Å²) in [4.78, 5) is 10.5. The molecule has 2 nitrogen and oxygen atoms in total. The van der Waals surface area contributed by atoms with Crippen molar-refractivity contribution in [2.24, 2.45) is 0 Å². The van der Waals surface area contributed by atoms with Gasteiger partial charge in [-0.25, -0.2) is 0 Å². The van der Waals surface area contributed by atoms with Gasteiger partial charge in [0.15, 0.2) is 0 Å². The third-order valence-electron chi connectivity index (χ3n) is 3.73. The zero-order valence-electron chi connectivity index (χ0n) is 14.6. The molecule has 0 radical (unpaired) electrons. The molecule has 1 unspecified atom stereocenters. The number of carboxylic acid groups (broad SMARTS) is 1. The van der Waals surface area contributed by atoms with E-state index in [9.17, 15) is 9.90 Å². The van der Waals surface area contributed by atoms with E-state index in [1.54, 1.807) is 0 Å². The van der Waals surface area contributed by atoms with Crippen LogP contribution >= 0.6 is 22.6 Å². The second-order valence-electron chi connectivity index (χ2n) is 5.81. The minimum Gasteiger partial charge on any atom is -0.549 e. The summed E-state index contributed by atoms with van der Waals surface area (Å²) in [5.74, 6) is -0.923. The number of carboxylic acids is 1. The second kappa shape index (κ2) is 20.6. The Morgan fingerprint density at radius 2 is 1.36 bits per heavy atom. The van der Waals surface area contributed by atoms with E-state index < -0.39 is 5.97 Å². The van der Waals surface area contributed by atoms with Crippen LogP contribution < -0.4 is 56.5 Å². The number of hydrogen-bond acceptors (Lipinski definition) is 2. The zero-order valence-corrected chi connectivity index (χ0v) is 19.9. The molecule has 0 aromatic rings. The van der Waals surface area contributed by atoms with Crippen LogP contribution in [0.25, 0.3) is 0 Å². The topological polar surface area (TPSA) is 40.1 Å². The third kappa shape index (κ3) is 19.6. The molecule has 0 saturated carbocycles. The number of allylic oxidation sites excluding steroid dienone is 2. The van der Waals surface area contributed by atoms with Crippen LogP contribution in [0, 0.1) is 0 Å². The molecular formula is C18H32IKO2. The molecule has 0 N–H and O–H groups in total. The van der Waals surface area contributed by atoms with E-state index in [4.69, 9.17) is 0 Å². The number of carbonyl (C=O) groups excluding carboxylic acids is 1. The number of halogens is 1. The normalized spacial score (nSPS) is 12.3. The van der Waals surface area contributed by atoms with Gasteiger partial charge in [-0.1, -0.05) is 93.0 Å². The van der Waals surface area contributed by atoms with Crippen molar-refractivity contribution in [2.45, 2.75) is 94.3 Å². The Labute approximate surface area is 193 Å². The minimum atomic E-state index is -0.923. The molecule has 0 aromatic heterocycles. The van der Waals surface area contributed by atoms with Gasteiger partial charge in [0.1, 0.15) is 0 Å². The maximum Gasteiger partial charge on any atom is 1.00 e. The molecule has 0 fully saturated rings. The van der Waals surface area contributed by atoms with Gasteiger partial charge in [-0.05, 0) is 32.1 Å². The number of hydrogen-bond donors (Lipinski definition) is 0. The third-order valence-corrected chi connectivity index (χ3v) is 4.86. The van der Waals surface area contributed by atoms with E-state index in [1.807, 2.05) is 22.6 Å². The van der Waals surface area contributed by atoms with Gasteiger partial charge in [-0.2, -0.15) is 0 Å². The first-order chi connectivity index (χ1) is 10.2. The first-order valence-corrected chi connectivity index (χ1v) is 9.93. The van der Waals surface area contributed by atoms with Crippen molar-refractivity contribution < 1.29 is 61.3 Å². The van der Waals surface area contributed by atoms with E-state index in [0.717, 1.165) is 19.3 Å². The molecule has 1 atom stereocenters. The summed E-state index contributed by atoms with van der Waals surface area (Å²) < 4.78 is -0.320. The van der Waals surface area contributed by atoms with Gasteiger partial charge in [0.05, 0.1) is 9.89 Å². The van der Waals surface area contributed by atoms with Crippen molar-refractivity contribution in [1.29, 1.82) is 0 Å². The predicted molar refractivity (Wildman–Crippen MR) is 97.7 cm³/mol. The summed E-state index contributed by atoms with van der Waals surface area (Å²) in [5, 5.41) is 10.5. The summed E-state index contributed by atoms with van der Waals surface area (Å²) in [7, 11) is 0. The fraction of sp³-hybridized carbons (Fsp3) is 0.833. The van der Waals surface area contributed by atoms with Crippen LogP contribution in [0.4, 0.5) is 0 Å². The average Bonchev–Trinajstić information content (AvgIpc) is 2.47. The smallest absolute Gasteiger partial charge is 0.549 e. The molecule has 0 spiro atoms. The van der Waals surface area contributed by atoms with Crippen molar-refractivity contribution in [3.63, 3.8) is 0 Å². The van der Waals surface area contributed by atoms with Crippen molar-refractivity contribution in [3.8, 4) is 0 Å². The van der Waals surface area contributed by atoms with E-state index in [0.29, 0.717) is 0 Å². The Hall–Kier alpha value is 1.58. The number of carbonyl (C=O) groups is 1. The van der Waals surface area contributed by atoms with Gasteiger partial charge >= 0.3 is 51.4 Å². The molecule has 4 heteroatoms. The van der Waals surface area contributed by atoms with Gasteiger partial charge in [-0.15, -0.1) is 0 Å². The molecule has 0 aliphatic heterocycles. The number of alkyl halides is 1. The molecule has 0 amide bonds. The Morgan fingerprint density at radius 3 is 1.86 bits per heavy atom. The Bertz CT molecular complexity index is 270. The molecule has 22 heavy (non-hydrogen) atoms. The van der Waals surface area contributed by atoms with E-state index in [2.05, 4.69) is 19.1 Å². The van der Waals surface area contributed by atoms with Gasteiger partial charge in [0, 0.05) is 0 Å². The molecular weight excluding hydrogens is 414 g/mol. The number of aliphatic carboxylic acids is 1. The fourth-order valence-electron chi connectivity index (χ4n) is 2.34. The summed E-state index contributed by atoms with van der Waals surface area (Å²) in [6.45, 7) is 2.26. The minimum absolute atomic E-state index is 0. The molecule has 0 bridgehead atoms. The Morgan fingerprint density at radius 1 is 0.909 bits per heavy atom. The molecule has 0 heterocycles. The second-order valence-corrected chi connectivity index (χ2v) is 7.31. The van der Waals surface area contributed by atoms with Crippen molar-refractivity contribution >= 4 is 28.6 Å². The average molecular weight is 446 g/mol. The van der Waals surface area contributed by atoms with E-state index >= 15 is 0 Å². The predicted octanol–water partition coefficient (Wildman–Crippen LogP) is 2.19. The maximum absolute atomic E-state index is 10.5. The van der Waals surface area contributed by atoms with Gasteiger partial charge in [0.25, 0.3) is 0 Å². The molecule has 0 aliphatic rings. The summed E-state index contributed by atoms with van der Waals surface area (Å²) in [6, 6.07) is 0. The Balaban J connectivity index is 0. The van der Waals surface area contributed by atoms with Crippen LogP contribution in [0.1, 0.15) is 90.4 Å². The standard InChI is InChI=1S/C18H33IO2.K/c1-2-3-4-5-6-7-8-9-10-11-12-13-14-15-16-17(19)18(20)21;/h9-10,17H,2-8,11-16H2,1H3,(H,20,21);/q;+1/p-1/b10-9-;. The zero-order chi connectivity index (χ0) is 15.8. The molecule has 124 valence electrons. The first-order valence-electron chi connectivity index (χ1n) is 8.68. The molecule has 0 rings (SSSR count). The van der Waals surface area contributed by atoms with Crippen LogP contribution in [0.15, 0.2) is 12.2 Å². The first kappa shape index (κ1) is 25.8. The van der Waals surface area contributed by atoms with E-state index in [-0.39, 0.29) is 55.3 Å². The SMILES string of the molecule is CCCCCCCC/C=C\CCCCCCC(I)C(=O)[O-].[K+]. The van der Waals surface area contributed by atoms with Crippen molar-refractivity contribution in [3.05, 3.63) is 12.2 Å². The van der Waals surface area contributed by atoms with Crippen LogP contribution in [0.2, 0.25) is 0 Å². The summed E-state index contributed by atoms with van der Waals surface area (Å²) in [6.07, 6.45) is 20.6. The van der Waals surface area contributed by atoms with Gasteiger partial charge < -0.3 is 9.90 Å². The van der Waals surface area contributed by atoms with E-state index in [1.165, 1.54) is 64.2 Å². The maximum atomic E-state index is 10.5. The van der Waals surface area contributed by atoms with Crippen LogP contribution in [0.5, 0.6) is 0 Å². The van der Waals surface area contributed by atoms with Crippen LogP contribution in [-0.2, 0) is 4.79 Å². The van der Waals surface area contributed by atoms with Crippen molar-refractivity contribution in [2.75, 3.05) is 0 Å². The summed E-state index contributed by atoms with van der Waals surface area (Å²) >= 11 is 1.96. The van der Waals surface area contributed by atoms with Crippen molar-refractivity contribution in [1.82, 2.24) is 0 Å². The fourth-order valence-corrected chi connectivity index (χ4v) is 2.78. The van der Waals surface area contributed by atoms with Crippen LogP contribution in [-0.4, -0.2) is 9.89 Å². The Kier molecular flexibility index (Phi) is 24.2. The number of rotatable bonds is 15.